The molecule has 5 rings (SSSR count). The second-order valence-electron chi connectivity index (χ2n) is 9.63. The standard InChI is InChI=1S/C29H33N3O3/c1-21(22-8-4-3-5-9-22)19-30-14-13-25-28(26(35-2)18-27(33)32(25)17-16-30)29(34)31-15-12-23-10-6-7-11-24(23)20-31/h3-11,18,21H,12-17,19-20H2,1-2H3. The summed E-state index contributed by atoms with van der Waals surface area (Å²) in [6.07, 6.45) is 1.48. The molecule has 0 radical (unpaired) electrons. The van der Waals surface area contributed by atoms with E-state index in [2.05, 4.69) is 48.2 Å². The maximum Gasteiger partial charge on any atom is 0.259 e. The molecular formula is C29H33N3O3. The van der Waals surface area contributed by atoms with Crippen LogP contribution in [0.2, 0.25) is 0 Å². The zero-order valence-corrected chi connectivity index (χ0v) is 20.6. The summed E-state index contributed by atoms with van der Waals surface area (Å²) < 4.78 is 7.38. The number of hydrogen-bond donors (Lipinski definition) is 0. The summed E-state index contributed by atoms with van der Waals surface area (Å²) in [5.74, 6) is 0.723. The maximum absolute atomic E-state index is 13.8. The summed E-state index contributed by atoms with van der Waals surface area (Å²) in [4.78, 5) is 31.1. The second kappa shape index (κ2) is 10.1. The molecule has 0 N–H and O–H groups in total. The fourth-order valence-electron chi connectivity index (χ4n) is 5.47. The Kier molecular flexibility index (Phi) is 6.73. The van der Waals surface area contributed by atoms with Gasteiger partial charge in [0.25, 0.3) is 11.5 Å². The predicted octanol–water partition coefficient (Wildman–Crippen LogP) is 3.72. The SMILES string of the molecule is COc1cc(=O)n2c(c1C(=O)N1CCc3ccccc3C1)CCN(CC(C)c1ccccc1)CC2. The lowest BCUT2D eigenvalue weighted by molar-refractivity contribution is 0.0728. The Hall–Kier alpha value is -3.38. The monoisotopic (exact) mass is 471 g/mol. The number of benzene rings is 2. The van der Waals surface area contributed by atoms with Gasteiger partial charge in [-0.1, -0.05) is 61.5 Å². The summed E-state index contributed by atoms with van der Waals surface area (Å²) in [5.41, 5.74) is 5.04. The van der Waals surface area contributed by atoms with Gasteiger partial charge in [0.1, 0.15) is 11.3 Å². The van der Waals surface area contributed by atoms with Crippen LogP contribution in [0.15, 0.2) is 65.5 Å². The van der Waals surface area contributed by atoms with Crippen LogP contribution >= 0.6 is 0 Å². The molecule has 0 saturated heterocycles. The summed E-state index contributed by atoms with van der Waals surface area (Å²) >= 11 is 0. The number of nitrogens with zero attached hydrogens (tertiary/aromatic N) is 3. The van der Waals surface area contributed by atoms with E-state index in [1.807, 2.05) is 23.1 Å². The molecule has 3 aromatic rings. The van der Waals surface area contributed by atoms with Crippen LogP contribution in [0.4, 0.5) is 0 Å². The first-order valence-corrected chi connectivity index (χ1v) is 12.5. The molecule has 2 aromatic carbocycles. The quantitative estimate of drug-likeness (QED) is 0.569. The Bertz CT molecular complexity index is 1270. The van der Waals surface area contributed by atoms with Crippen molar-refractivity contribution in [1.29, 1.82) is 0 Å². The van der Waals surface area contributed by atoms with Gasteiger partial charge in [-0.3, -0.25) is 9.59 Å². The van der Waals surface area contributed by atoms with Crippen LogP contribution in [0.1, 0.15) is 45.6 Å². The summed E-state index contributed by atoms with van der Waals surface area (Å²) in [6.45, 7) is 6.55. The van der Waals surface area contributed by atoms with Crippen LogP contribution in [-0.2, 0) is 25.9 Å². The molecule has 3 heterocycles. The number of carbonyl (C=O) groups excluding carboxylic acids is 1. The van der Waals surface area contributed by atoms with Crippen molar-refractivity contribution in [2.75, 3.05) is 33.3 Å². The lowest BCUT2D eigenvalue weighted by Gasteiger charge is -2.30. The van der Waals surface area contributed by atoms with E-state index in [4.69, 9.17) is 4.74 Å². The number of pyridine rings is 1. The fourth-order valence-corrected chi connectivity index (χ4v) is 5.47. The third-order valence-electron chi connectivity index (χ3n) is 7.44. The molecule has 1 amide bonds. The lowest BCUT2D eigenvalue weighted by Crippen LogP contribution is -2.38. The highest BCUT2D eigenvalue weighted by Gasteiger charge is 2.30. The number of fused-ring (bicyclic) bond motifs is 2. The van der Waals surface area contributed by atoms with E-state index in [1.54, 1.807) is 11.7 Å². The first-order chi connectivity index (χ1) is 17.0. The Morgan fingerprint density at radius 2 is 1.69 bits per heavy atom. The van der Waals surface area contributed by atoms with Gasteiger partial charge >= 0.3 is 0 Å². The zero-order chi connectivity index (χ0) is 24.4. The predicted molar refractivity (Wildman–Crippen MR) is 137 cm³/mol. The summed E-state index contributed by atoms with van der Waals surface area (Å²) in [6, 6.07) is 20.3. The number of ether oxygens (including phenoxy) is 1. The van der Waals surface area contributed by atoms with E-state index in [9.17, 15) is 9.59 Å². The third kappa shape index (κ3) is 4.76. The van der Waals surface area contributed by atoms with Crippen molar-refractivity contribution >= 4 is 5.91 Å². The fraction of sp³-hybridized carbons (Fsp3) is 0.379. The number of rotatable bonds is 5. The molecule has 0 fully saturated rings. The van der Waals surface area contributed by atoms with E-state index in [0.717, 1.165) is 31.7 Å². The highest BCUT2D eigenvalue weighted by molar-refractivity contribution is 5.98. The second-order valence-corrected chi connectivity index (χ2v) is 9.63. The number of hydrogen-bond acceptors (Lipinski definition) is 4. The third-order valence-corrected chi connectivity index (χ3v) is 7.44. The molecule has 0 spiro atoms. The van der Waals surface area contributed by atoms with Crippen LogP contribution in [0.3, 0.4) is 0 Å². The van der Waals surface area contributed by atoms with E-state index < -0.39 is 0 Å². The largest absolute Gasteiger partial charge is 0.496 e. The number of aromatic nitrogens is 1. The van der Waals surface area contributed by atoms with E-state index in [-0.39, 0.29) is 11.5 Å². The molecule has 1 aromatic heterocycles. The normalized spacial score (nSPS) is 16.7. The topological polar surface area (TPSA) is 54.8 Å². The molecule has 2 aliphatic rings. The van der Waals surface area contributed by atoms with Crippen molar-refractivity contribution in [2.24, 2.45) is 0 Å². The minimum absolute atomic E-state index is 0.0498. The van der Waals surface area contributed by atoms with Gasteiger partial charge in [0.2, 0.25) is 0 Å². The molecule has 35 heavy (non-hydrogen) atoms. The van der Waals surface area contributed by atoms with Gasteiger partial charge in [-0.2, -0.15) is 0 Å². The molecule has 6 heteroatoms. The van der Waals surface area contributed by atoms with Crippen molar-refractivity contribution in [3.05, 3.63) is 99.0 Å². The average molecular weight is 472 g/mol. The minimum atomic E-state index is -0.102. The van der Waals surface area contributed by atoms with Gasteiger partial charge in [0, 0.05) is 57.4 Å². The molecule has 0 saturated carbocycles. The van der Waals surface area contributed by atoms with Crippen molar-refractivity contribution in [2.45, 2.75) is 38.8 Å². The van der Waals surface area contributed by atoms with Crippen molar-refractivity contribution in [3.63, 3.8) is 0 Å². The van der Waals surface area contributed by atoms with E-state index in [0.29, 0.717) is 43.3 Å². The van der Waals surface area contributed by atoms with Gasteiger partial charge in [-0.25, -0.2) is 0 Å². The molecule has 1 atom stereocenters. The van der Waals surface area contributed by atoms with Gasteiger partial charge in [-0.05, 0) is 29.0 Å². The van der Waals surface area contributed by atoms with Crippen molar-refractivity contribution in [1.82, 2.24) is 14.4 Å². The first kappa shape index (κ1) is 23.4. The molecule has 182 valence electrons. The Morgan fingerprint density at radius 1 is 0.943 bits per heavy atom. The molecule has 6 nitrogen and oxygen atoms in total. The number of methoxy groups -OCH3 is 1. The maximum atomic E-state index is 13.8. The van der Waals surface area contributed by atoms with Crippen LogP contribution in [-0.4, -0.2) is 53.6 Å². The van der Waals surface area contributed by atoms with Gasteiger partial charge in [0.05, 0.1) is 7.11 Å². The van der Waals surface area contributed by atoms with Crippen LogP contribution in [0, 0.1) is 0 Å². The number of amides is 1. The zero-order valence-electron chi connectivity index (χ0n) is 20.6. The Morgan fingerprint density at radius 3 is 2.46 bits per heavy atom. The Balaban J connectivity index is 1.41. The highest BCUT2D eigenvalue weighted by atomic mass is 16.5. The van der Waals surface area contributed by atoms with Gasteiger partial charge in [-0.15, -0.1) is 0 Å². The van der Waals surface area contributed by atoms with Gasteiger partial charge in [0.15, 0.2) is 0 Å². The van der Waals surface area contributed by atoms with E-state index in [1.165, 1.54) is 22.8 Å². The number of carbonyl (C=O) groups is 1. The van der Waals surface area contributed by atoms with Crippen molar-refractivity contribution < 1.29 is 9.53 Å². The first-order valence-electron chi connectivity index (χ1n) is 12.5. The lowest BCUT2D eigenvalue weighted by atomic mass is 9.98. The van der Waals surface area contributed by atoms with E-state index >= 15 is 0 Å². The Labute approximate surface area is 206 Å². The van der Waals surface area contributed by atoms with Crippen molar-refractivity contribution in [3.8, 4) is 5.75 Å². The minimum Gasteiger partial charge on any atom is -0.496 e. The van der Waals surface area contributed by atoms with Gasteiger partial charge < -0.3 is 19.1 Å². The smallest absolute Gasteiger partial charge is 0.259 e. The summed E-state index contributed by atoms with van der Waals surface area (Å²) in [5, 5.41) is 0. The summed E-state index contributed by atoms with van der Waals surface area (Å²) in [7, 11) is 1.54. The molecule has 0 aliphatic carbocycles. The molecular weight excluding hydrogens is 438 g/mol. The van der Waals surface area contributed by atoms with Crippen LogP contribution in [0.5, 0.6) is 5.75 Å². The van der Waals surface area contributed by atoms with Crippen LogP contribution in [0.25, 0.3) is 0 Å². The highest BCUT2D eigenvalue weighted by Crippen LogP contribution is 2.28. The molecule has 1 unspecified atom stereocenters. The molecule has 2 aliphatic heterocycles. The average Bonchev–Trinajstić information content (AvgIpc) is 3.11. The van der Waals surface area contributed by atoms with Crippen LogP contribution < -0.4 is 10.3 Å². The molecule has 0 bridgehead atoms.